The summed E-state index contributed by atoms with van der Waals surface area (Å²) in [6.45, 7) is 3.04. The Labute approximate surface area is 156 Å². The summed E-state index contributed by atoms with van der Waals surface area (Å²) in [7, 11) is 0. The summed E-state index contributed by atoms with van der Waals surface area (Å²) in [6.07, 6.45) is 5.83. The summed E-state index contributed by atoms with van der Waals surface area (Å²) >= 11 is 1.62. The number of nitrogens with one attached hydrogen (secondary N) is 2. The lowest BCUT2D eigenvalue weighted by Gasteiger charge is -2.27. The molecule has 1 amide bonds. The number of imidazole rings is 1. The Morgan fingerprint density at radius 3 is 2.88 bits per heavy atom. The van der Waals surface area contributed by atoms with E-state index in [4.69, 9.17) is 0 Å². The fourth-order valence-corrected chi connectivity index (χ4v) is 3.91. The minimum absolute atomic E-state index is 0. The Morgan fingerprint density at radius 1 is 1.36 bits per heavy atom. The lowest BCUT2D eigenvalue weighted by molar-refractivity contribution is -0.120. The van der Waals surface area contributed by atoms with Gasteiger partial charge in [0.2, 0.25) is 5.91 Å². The third kappa shape index (κ3) is 3.86. The number of fused-ring (bicyclic) bond motifs is 1. The first kappa shape index (κ1) is 17.9. The zero-order valence-corrected chi connectivity index (χ0v) is 15.6. The van der Waals surface area contributed by atoms with Crippen LogP contribution in [-0.2, 0) is 4.79 Å². The largest absolute Gasteiger partial charge is 0.326 e. The van der Waals surface area contributed by atoms with Gasteiger partial charge in [-0.25, -0.2) is 4.98 Å². The zero-order valence-electron chi connectivity index (χ0n) is 13.9. The lowest BCUT2D eigenvalue weighted by Crippen LogP contribution is -2.40. The highest BCUT2D eigenvalue weighted by Gasteiger charge is 2.24. The molecular formula is C18H21ClN4OS. The number of hydrogen-bond donors (Lipinski definition) is 2. The van der Waals surface area contributed by atoms with Crippen molar-refractivity contribution in [3.8, 4) is 11.3 Å². The molecular weight excluding hydrogens is 356 g/mol. The predicted molar refractivity (Wildman–Crippen MR) is 105 cm³/mol. The molecule has 3 heterocycles. The molecule has 2 N–H and O–H groups in total. The molecule has 1 aromatic carbocycles. The average molecular weight is 377 g/mol. The molecule has 132 valence electrons. The number of halogens is 1. The molecule has 1 aliphatic rings. The van der Waals surface area contributed by atoms with Crippen LogP contribution in [0.25, 0.3) is 16.2 Å². The number of nitrogens with zero attached hydrogens (tertiary/aromatic N) is 2. The van der Waals surface area contributed by atoms with Gasteiger partial charge in [0.15, 0.2) is 4.96 Å². The molecule has 5 nitrogen and oxygen atoms in total. The number of aromatic nitrogens is 2. The van der Waals surface area contributed by atoms with Crippen LogP contribution in [0.2, 0.25) is 0 Å². The van der Waals surface area contributed by atoms with E-state index in [9.17, 15) is 4.79 Å². The van der Waals surface area contributed by atoms with Gasteiger partial charge in [0.25, 0.3) is 0 Å². The predicted octanol–water partition coefficient (Wildman–Crippen LogP) is 3.81. The molecule has 0 saturated carbocycles. The molecule has 0 bridgehead atoms. The molecule has 7 heteroatoms. The van der Waals surface area contributed by atoms with Crippen LogP contribution in [0.1, 0.15) is 19.8 Å². The number of rotatable bonds is 3. The molecule has 2 aromatic heterocycles. The van der Waals surface area contributed by atoms with E-state index >= 15 is 0 Å². The van der Waals surface area contributed by atoms with Gasteiger partial charge in [0, 0.05) is 41.0 Å². The monoisotopic (exact) mass is 376 g/mol. The van der Waals surface area contributed by atoms with Gasteiger partial charge in [-0.1, -0.05) is 12.1 Å². The Morgan fingerprint density at radius 2 is 2.16 bits per heavy atom. The molecule has 1 aliphatic heterocycles. The highest BCUT2D eigenvalue weighted by atomic mass is 35.5. The number of piperidine rings is 1. The van der Waals surface area contributed by atoms with Crippen LogP contribution >= 0.6 is 23.7 Å². The van der Waals surface area contributed by atoms with E-state index in [1.54, 1.807) is 11.3 Å². The molecule has 1 fully saturated rings. The van der Waals surface area contributed by atoms with E-state index < -0.39 is 0 Å². The van der Waals surface area contributed by atoms with E-state index in [2.05, 4.69) is 22.5 Å². The van der Waals surface area contributed by atoms with E-state index in [0.717, 1.165) is 41.3 Å². The molecule has 0 unspecified atom stereocenters. The molecule has 0 aliphatic carbocycles. The smallest absolute Gasteiger partial charge is 0.227 e. The van der Waals surface area contributed by atoms with Gasteiger partial charge in [0.05, 0.1) is 5.69 Å². The summed E-state index contributed by atoms with van der Waals surface area (Å²) in [5, 5.41) is 8.44. The topological polar surface area (TPSA) is 58.4 Å². The summed E-state index contributed by atoms with van der Waals surface area (Å²) in [5.74, 6) is 0.222. The summed E-state index contributed by atoms with van der Waals surface area (Å²) in [4.78, 5) is 18.0. The van der Waals surface area contributed by atoms with Gasteiger partial charge in [-0.3, -0.25) is 9.20 Å². The van der Waals surface area contributed by atoms with Gasteiger partial charge in [0.1, 0.15) is 0 Å². The first-order valence-electron chi connectivity index (χ1n) is 8.26. The number of carbonyl (C=O) groups excluding carboxylic acids is 1. The van der Waals surface area contributed by atoms with Crippen LogP contribution in [0.15, 0.2) is 42.0 Å². The van der Waals surface area contributed by atoms with Crippen molar-refractivity contribution < 1.29 is 4.79 Å². The van der Waals surface area contributed by atoms with Crippen LogP contribution in [0, 0.1) is 5.92 Å². The SMILES string of the molecule is C[C@H]1C[C@@H](C(=O)Nc2ccc(-c3cn4ccsc4n3)cc2)CCN1.Cl. The third-order valence-electron chi connectivity index (χ3n) is 4.54. The number of amides is 1. The van der Waals surface area contributed by atoms with Crippen molar-refractivity contribution in [2.45, 2.75) is 25.8 Å². The van der Waals surface area contributed by atoms with E-state index in [1.807, 2.05) is 46.4 Å². The Kier molecular flexibility index (Phi) is 5.42. The molecule has 0 spiro atoms. The van der Waals surface area contributed by atoms with E-state index in [-0.39, 0.29) is 24.2 Å². The lowest BCUT2D eigenvalue weighted by atomic mass is 9.92. The molecule has 4 rings (SSSR count). The van der Waals surface area contributed by atoms with Crippen molar-refractivity contribution in [1.29, 1.82) is 0 Å². The highest BCUT2D eigenvalue weighted by molar-refractivity contribution is 7.15. The summed E-state index contributed by atoms with van der Waals surface area (Å²) < 4.78 is 2.02. The van der Waals surface area contributed by atoms with Crippen molar-refractivity contribution in [2.24, 2.45) is 5.92 Å². The van der Waals surface area contributed by atoms with Gasteiger partial charge in [-0.2, -0.15) is 0 Å². The second-order valence-corrected chi connectivity index (χ2v) is 7.24. The van der Waals surface area contributed by atoms with Gasteiger partial charge >= 0.3 is 0 Å². The van der Waals surface area contributed by atoms with E-state index in [0.29, 0.717) is 6.04 Å². The van der Waals surface area contributed by atoms with Crippen LogP contribution in [-0.4, -0.2) is 27.9 Å². The molecule has 0 radical (unpaired) electrons. The number of anilines is 1. The Hall–Kier alpha value is -1.89. The van der Waals surface area contributed by atoms with E-state index in [1.165, 1.54) is 0 Å². The second kappa shape index (κ2) is 7.56. The number of benzene rings is 1. The Bertz CT molecular complexity index is 829. The standard InChI is InChI=1S/C18H20N4OS.ClH/c1-12-10-14(6-7-19-12)17(23)20-15-4-2-13(3-5-15)16-11-22-8-9-24-18(22)21-16;/h2-5,8-9,11-12,14,19H,6-7,10H2,1H3,(H,20,23);1H/t12-,14-;/m0./s1. The second-order valence-electron chi connectivity index (χ2n) is 6.36. The molecule has 3 aromatic rings. The van der Waals surface area contributed by atoms with Gasteiger partial charge in [-0.05, 0) is 38.4 Å². The summed E-state index contributed by atoms with van der Waals surface area (Å²) in [6, 6.07) is 8.32. The van der Waals surface area contributed by atoms with Crippen molar-refractivity contribution in [2.75, 3.05) is 11.9 Å². The normalized spacial score (nSPS) is 20.2. The maximum absolute atomic E-state index is 12.4. The molecule has 2 atom stereocenters. The van der Waals surface area contributed by atoms with Gasteiger partial charge < -0.3 is 10.6 Å². The number of hydrogen-bond acceptors (Lipinski definition) is 4. The third-order valence-corrected chi connectivity index (χ3v) is 5.31. The van der Waals surface area contributed by atoms with Crippen LogP contribution in [0.3, 0.4) is 0 Å². The fraction of sp³-hybridized carbons (Fsp3) is 0.333. The van der Waals surface area contributed by atoms with Crippen molar-refractivity contribution in [3.05, 3.63) is 42.0 Å². The summed E-state index contributed by atoms with van der Waals surface area (Å²) in [5.41, 5.74) is 2.85. The quantitative estimate of drug-likeness (QED) is 0.730. The van der Waals surface area contributed by atoms with Crippen molar-refractivity contribution >= 4 is 40.3 Å². The first-order chi connectivity index (χ1) is 11.7. The van der Waals surface area contributed by atoms with Gasteiger partial charge in [-0.15, -0.1) is 23.7 Å². The zero-order chi connectivity index (χ0) is 16.5. The first-order valence-corrected chi connectivity index (χ1v) is 9.14. The molecule has 25 heavy (non-hydrogen) atoms. The number of carbonyl (C=O) groups is 1. The van der Waals surface area contributed by atoms with Crippen molar-refractivity contribution in [1.82, 2.24) is 14.7 Å². The van der Waals surface area contributed by atoms with Crippen LogP contribution < -0.4 is 10.6 Å². The average Bonchev–Trinajstić information content (AvgIpc) is 3.17. The maximum atomic E-state index is 12.4. The molecule has 1 saturated heterocycles. The van der Waals surface area contributed by atoms with Crippen molar-refractivity contribution in [3.63, 3.8) is 0 Å². The minimum Gasteiger partial charge on any atom is -0.326 e. The Balaban J connectivity index is 0.00000182. The fourth-order valence-electron chi connectivity index (χ4n) is 3.21. The highest BCUT2D eigenvalue weighted by Crippen LogP contribution is 2.24. The van der Waals surface area contributed by atoms with Crippen LogP contribution in [0.4, 0.5) is 5.69 Å². The number of thiazole rings is 1. The minimum atomic E-state index is 0. The maximum Gasteiger partial charge on any atom is 0.227 e. The van der Waals surface area contributed by atoms with Crippen LogP contribution in [0.5, 0.6) is 0 Å².